The molecule has 6 nitrogen and oxygen atoms in total. The molecule has 4 rings (SSSR count). The zero-order valence-corrected chi connectivity index (χ0v) is 18.3. The number of fused-ring (bicyclic) bond motifs is 1. The molecule has 2 unspecified atom stereocenters. The predicted octanol–water partition coefficient (Wildman–Crippen LogP) is 3.62. The van der Waals surface area contributed by atoms with E-state index in [4.69, 9.17) is 4.74 Å². The van der Waals surface area contributed by atoms with Crippen molar-refractivity contribution in [3.63, 3.8) is 0 Å². The van der Waals surface area contributed by atoms with Crippen molar-refractivity contribution in [2.24, 2.45) is 17.8 Å². The van der Waals surface area contributed by atoms with Crippen LogP contribution in [0.5, 0.6) is 0 Å². The van der Waals surface area contributed by atoms with E-state index in [1.54, 1.807) is 0 Å². The van der Waals surface area contributed by atoms with Crippen LogP contribution in [0.15, 0.2) is 24.3 Å². The minimum atomic E-state index is -0.458. The Hall–Kier alpha value is -2.37. The monoisotopic (exact) mass is 426 g/mol. The van der Waals surface area contributed by atoms with Gasteiger partial charge in [0.05, 0.1) is 11.8 Å². The second-order valence-corrected chi connectivity index (χ2v) is 9.28. The summed E-state index contributed by atoms with van der Waals surface area (Å²) in [6.07, 6.45) is 10.1. The Morgan fingerprint density at radius 1 is 0.935 bits per heavy atom. The number of nitrogens with zero attached hydrogens (tertiary/aromatic N) is 1. The molecule has 1 aromatic carbocycles. The van der Waals surface area contributed by atoms with Crippen molar-refractivity contribution in [3.8, 4) is 0 Å². The van der Waals surface area contributed by atoms with Crippen LogP contribution in [0, 0.1) is 17.8 Å². The average Bonchev–Trinajstić information content (AvgIpc) is 3.25. The number of anilines is 1. The maximum Gasteiger partial charge on any atom is 0.310 e. The number of nitrogens with one attached hydrogen (secondary N) is 1. The summed E-state index contributed by atoms with van der Waals surface area (Å²) in [4.78, 5) is 40.2. The molecule has 168 valence electrons. The Kier molecular flexibility index (Phi) is 7.25. The highest BCUT2D eigenvalue weighted by Gasteiger charge is 2.40. The molecule has 3 aliphatic rings. The zero-order chi connectivity index (χ0) is 21.6. The molecule has 0 aromatic heterocycles. The Labute approximate surface area is 184 Å². The molecular weight excluding hydrogens is 392 g/mol. The maximum atomic E-state index is 13.3. The van der Waals surface area contributed by atoms with Crippen LogP contribution >= 0.6 is 0 Å². The van der Waals surface area contributed by atoms with Gasteiger partial charge >= 0.3 is 5.97 Å². The highest BCUT2D eigenvalue weighted by molar-refractivity contribution is 5.99. The summed E-state index contributed by atoms with van der Waals surface area (Å²) in [7, 11) is 0. The van der Waals surface area contributed by atoms with Crippen LogP contribution in [-0.4, -0.2) is 37.5 Å². The van der Waals surface area contributed by atoms with Gasteiger partial charge in [-0.25, -0.2) is 0 Å². The van der Waals surface area contributed by atoms with E-state index in [9.17, 15) is 14.4 Å². The zero-order valence-electron chi connectivity index (χ0n) is 18.3. The summed E-state index contributed by atoms with van der Waals surface area (Å²) < 4.78 is 5.37. The molecule has 2 saturated carbocycles. The molecule has 2 fully saturated rings. The van der Waals surface area contributed by atoms with Crippen molar-refractivity contribution < 1.29 is 19.1 Å². The van der Waals surface area contributed by atoms with Gasteiger partial charge in [-0.05, 0) is 49.7 Å². The van der Waals surface area contributed by atoms with Crippen LogP contribution in [0.4, 0.5) is 5.69 Å². The number of esters is 1. The number of carbonyl (C=O) groups excluding carboxylic acids is 3. The minimum absolute atomic E-state index is 0.0216. The van der Waals surface area contributed by atoms with Gasteiger partial charge in [-0.1, -0.05) is 50.3 Å². The molecule has 0 saturated heterocycles. The average molecular weight is 427 g/mol. The van der Waals surface area contributed by atoms with E-state index >= 15 is 0 Å². The highest BCUT2D eigenvalue weighted by Crippen LogP contribution is 2.36. The topological polar surface area (TPSA) is 75.7 Å². The van der Waals surface area contributed by atoms with E-state index in [0.717, 1.165) is 37.8 Å². The number of para-hydroxylation sites is 1. The van der Waals surface area contributed by atoms with Crippen LogP contribution < -0.4 is 10.2 Å². The summed E-state index contributed by atoms with van der Waals surface area (Å²) in [6.45, 7) is 1.07. The molecule has 0 bridgehead atoms. The van der Waals surface area contributed by atoms with Gasteiger partial charge in [0.25, 0.3) is 5.91 Å². The molecule has 31 heavy (non-hydrogen) atoms. The van der Waals surface area contributed by atoms with Gasteiger partial charge in [-0.2, -0.15) is 0 Å². The lowest BCUT2D eigenvalue weighted by Gasteiger charge is -2.32. The van der Waals surface area contributed by atoms with Gasteiger partial charge in [0, 0.05) is 18.8 Å². The highest BCUT2D eigenvalue weighted by atomic mass is 16.5. The number of rotatable bonds is 6. The summed E-state index contributed by atoms with van der Waals surface area (Å²) in [5.74, 6) is -0.910. The first-order valence-corrected chi connectivity index (χ1v) is 12.0. The Balaban J connectivity index is 1.30. The molecule has 2 aliphatic carbocycles. The van der Waals surface area contributed by atoms with Crippen LogP contribution in [-0.2, 0) is 25.5 Å². The van der Waals surface area contributed by atoms with E-state index in [1.165, 1.54) is 24.8 Å². The van der Waals surface area contributed by atoms with E-state index in [-0.39, 0.29) is 24.3 Å². The van der Waals surface area contributed by atoms with Crippen molar-refractivity contribution in [3.05, 3.63) is 29.8 Å². The molecule has 6 heteroatoms. The third kappa shape index (κ3) is 5.28. The first kappa shape index (κ1) is 21.8. The summed E-state index contributed by atoms with van der Waals surface area (Å²) in [6, 6.07) is 7.98. The van der Waals surface area contributed by atoms with Crippen LogP contribution in [0.25, 0.3) is 0 Å². The minimum Gasteiger partial charge on any atom is -0.455 e. The van der Waals surface area contributed by atoms with Crippen molar-refractivity contribution in [2.45, 2.75) is 64.2 Å². The Morgan fingerprint density at radius 2 is 1.65 bits per heavy atom. The summed E-state index contributed by atoms with van der Waals surface area (Å²) in [5, 5.41) is 2.91. The third-order valence-corrected chi connectivity index (χ3v) is 7.20. The quantitative estimate of drug-likeness (QED) is 0.705. The van der Waals surface area contributed by atoms with Gasteiger partial charge in [-0.15, -0.1) is 0 Å². The van der Waals surface area contributed by atoms with Crippen molar-refractivity contribution >= 4 is 23.5 Å². The molecule has 0 spiro atoms. The van der Waals surface area contributed by atoms with E-state index in [2.05, 4.69) is 11.4 Å². The second-order valence-electron chi connectivity index (χ2n) is 9.28. The summed E-state index contributed by atoms with van der Waals surface area (Å²) >= 11 is 0. The maximum absolute atomic E-state index is 13.3. The van der Waals surface area contributed by atoms with Gasteiger partial charge in [0.2, 0.25) is 5.91 Å². The third-order valence-electron chi connectivity index (χ3n) is 7.20. The first-order valence-electron chi connectivity index (χ1n) is 12.0. The van der Waals surface area contributed by atoms with E-state index in [0.29, 0.717) is 31.8 Å². The van der Waals surface area contributed by atoms with Gasteiger partial charge in [0.1, 0.15) is 0 Å². The molecule has 1 N–H and O–H groups in total. The molecule has 1 aliphatic heterocycles. The van der Waals surface area contributed by atoms with E-state index < -0.39 is 11.9 Å². The lowest BCUT2D eigenvalue weighted by molar-refractivity contribution is -0.157. The smallest absolute Gasteiger partial charge is 0.310 e. The molecule has 1 heterocycles. The lowest BCUT2D eigenvalue weighted by Crippen LogP contribution is -2.43. The number of ether oxygens (including phenoxy) is 1. The first-order chi connectivity index (χ1) is 15.1. The number of hydrogen-bond donors (Lipinski definition) is 1. The number of hydrogen-bond acceptors (Lipinski definition) is 4. The standard InChI is InChI=1S/C25H34N2O4/c28-23(26-16-18-8-2-1-3-9-18)17-31-25(30)21-12-6-5-11-20(21)24(29)27-15-14-19-10-4-7-13-22(19)27/h4,7,10,13,18,20-21H,1-3,5-6,8-9,11-12,14-17H2,(H,26,28). The predicted molar refractivity (Wildman–Crippen MR) is 118 cm³/mol. The SMILES string of the molecule is O=C(COC(=O)C1CCCCC1C(=O)N1CCc2ccccc21)NCC1CCCCC1. The number of benzene rings is 1. The van der Waals surface area contributed by atoms with Crippen molar-refractivity contribution in [1.82, 2.24) is 5.32 Å². The summed E-state index contributed by atoms with van der Waals surface area (Å²) in [5.41, 5.74) is 2.15. The molecular formula is C25H34N2O4. The van der Waals surface area contributed by atoms with Crippen LogP contribution in [0.1, 0.15) is 63.4 Å². The number of carbonyl (C=O) groups is 3. The molecule has 1 aromatic rings. The number of amides is 2. The van der Waals surface area contributed by atoms with Crippen molar-refractivity contribution in [1.29, 1.82) is 0 Å². The van der Waals surface area contributed by atoms with Crippen LogP contribution in [0.2, 0.25) is 0 Å². The van der Waals surface area contributed by atoms with Gasteiger partial charge in [0.15, 0.2) is 6.61 Å². The molecule has 2 amide bonds. The lowest BCUT2D eigenvalue weighted by atomic mass is 9.78. The van der Waals surface area contributed by atoms with Gasteiger partial charge < -0.3 is 15.0 Å². The fourth-order valence-electron chi connectivity index (χ4n) is 5.42. The van der Waals surface area contributed by atoms with Crippen molar-refractivity contribution in [2.75, 3.05) is 24.6 Å². The largest absolute Gasteiger partial charge is 0.455 e. The second kappa shape index (κ2) is 10.3. The van der Waals surface area contributed by atoms with E-state index in [1.807, 2.05) is 23.1 Å². The van der Waals surface area contributed by atoms with Gasteiger partial charge in [-0.3, -0.25) is 14.4 Å². The Morgan fingerprint density at radius 3 is 2.45 bits per heavy atom. The molecule has 0 radical (unpaired) electrons. The van der Waals surface area contributed by atoms with Crippen LogP contribution in [0.3, 0.4) is 0 Å². The normalized spacial score (nSPS) is 23.8. The Bertz CT molecular complexity index is 802. The fraction of sp³-hybridized carbons (Fsp3) is 0.640. The molecule has 2 atom stereocenters. The fourth-order valence-corrected chi connectivity index (χ4v) is 5.42.